The largest absolute Gasteiger partial charge is 0.467 e. The molecule has 1 fully saturated rings. The summed E-state index contributed by atoms with van der Waals surface area (Å²) in [5.74, 6) is 1.50. The SMILES string of the molecule is CCC1CCCC(Nc2nc(OC)ncc2Cl)C1. The number of hydrogen-bond donors (Lipinski definition) is 1. The molecule has 1 aromatic heterocycles. The number of nitrogens with zero attached hydrogens (tertiary/aromatic N) is 2. The van der Waals surface area contributed by atoms with E-state index >= 15 is 0 Å². The zero-order valence-electron chi connectivity index (χ0n) is 10.9. The van der Waals surface area contributed by atoms with E-state index in [9.17, 15) is 0 Å². The molecule has 2 rings (SSSR count). The van der Waals surface area contributed by atoms with E-state index in [-0.39, 0.29) is 0 Å². The van der Waals surface area contributed by atoms with Crippen LogP contribution in [0.3, 0.4) is 0 Å². The third-order valence-electron chi connectivity index (χ3n) is 3.61. The van der Waals surface area contributed by atoms with Gasteiger partial charge in [-0.15, -0.1) is 0 Å². The summed E-state index contributed by atoms with van der Waals surface area (Å²) in [4.78, 5) is 8.24. The molecule has 4 nitrogen and oxygen atoms in total. The van der Waals surface area contributed by atoms with Crippen molar-refractivity contribution >= 4 is 17.4 Å². The minimum Gasteiger partial charge on any atom is -0.467 e. The average molecular weight is 270 g/mol. The fourth-order valence-electron chi connectivity index (χ4n) is 2.54. The molecule has 1 heterocycles. The highest BCUT2D eigenvalue weighted by Gasteiger charge is 2.21. The highest BCUT2D eigenvalue weighted by molar-refractivity contribution is 6.32. The Hall–Kier alpha value is -1.03. The summed E-state index contributed by atoms with van der Waals surface area (Å²) in [7, 11) is 1.56. The van der Waals surface area contributed by atoms with Gasteiger partial charge >= 0.3 is 6.01 Å². The second-order valence-electron chi connectivity index (χ2n) is 4.84. The molecular weight excluding hydrogens is 250 g/mol. The molecule has 0 bridgehead atoms. The molecule has 100 valence electrons. The van der Waals surface area contributed by atoms with Crippen LogP contribution in [0, 0.1) is 5.92 Å². The number of rotatable bonds is 4. The van der Waals surface area contributed by atoms with Crippen LogP contribution < -0.4 is 10.1 Å². The summed E-state index contributed by atoms with van der Waals surface area (Å²) in [6, 6.07) is 0.811. The standard InChI is InChI=1S/C13H20ClN3O/c1-3-9-5-4-6-10(7-9)16-12-11(14)8-15-13(17-12)18-2/h8-10H,3-7H2,1-2H3,(H,15,16,17). The quantitative estimate of drug-likeness (QED) is 0.909. The lowest BCUT2D eigenvalue weighted by atomic mass is 9.84. The Bertz CT molecular complexity index is 400. The molecule has 2 atom stereocenters. The number of anilines is 1. The van der Waals surface area contributed by atoms with E-state index in [1.165, 1.54) is 32.1 Å². The Labute approximate surface area is 113 Å². The number of nitrogens with one attached hydrogen (secondary N) is 1. The fourth-order valence-corrected chi connectivity index (χ4v) is 2.68. The van der Waals surface area contributed by atoms with Gasteiger partial charge in [0, 0.05) is 6.04 Å². The molecule has 2 unspecified atom stereocenters. The van der Waals surface area contributed by atoms with Crippen molar-refractivity contribution in [2.45, 2.75) is 45.1 Å². The zero-order chi connectivity index (χ0) is 13.0. The van der Waals surface area contributed by atoms with Crippen molar-refractivity contribution in [3.05, 3.63) is 11.2 Å². The van der Waals surface area contributed by atoms with E-state index in [0.29, 0.717) is 22.9 Å². The Morgan fingerprint density at radius 1 is 1.50 bits per heavy atom. The molecule has 0 radical (unpaired) electrons. The molecule has 1 aliphatic carbocycles. The number of methoxy groups -OCH3 is 1. The molecule has 0 amide bonds. The van der Waals surface area contributed by atoms with Crippen LogP contribution in [0.5, 0.6) is 6.01 Å². The summed E-state index contributed by atoms with van der Waals surface area (Å²) in [6.45, 7) is 2.26. The van der Waals surface area contributed by atoms with Gasteiger partial charge in [-0.2, -0.15) is 4.98 Å². The van der Waals surface area contributed by atoms with E-state index < -0.39 is 0 Å². The van der Waals surface area contributed by atoms with Gasteiger partial charge in [0.2, 0.25) is 0 Å². The molecular formula is C13H20ClN3O. The molecule has 0 aromatic carbocycles. The monoisotopic (exact) mass is 269 g/mol. The average Bonchev–Trinajstić information content (AvgIpc) is 2.41. The van der Waals surface area contributed by atoms with Crippen LogP contribution >= 0.6 is 11.6 Å². The minimum atomic E-state index is 0.352. The van der Waals surface area contributed by atoms with Gasteiger partial charge in [0.25, 0.3) is 0 Å². The van der Waals surface area contributed by atoms with Gasteiger partial charge in [-0.3, -0.25) is 0 Å². The first kappa shape index (κ1) is 13.4. The fraction of sp³-hybridized carbons (Fsp3) is 0.692. The molecule has 1 aromatic rings. The van der Waals surface area contributed by atoms with Crippen LogP contribution in [0.15, 0.2) is 6.20 Å². The minimum absolute atomic E-state index is 0.352. The topological polar surface area (TPSA) is 47.0 Å². The second-order valence-corrected chi connectivity index (χ2v) is 5.24. The van der Waals surface area contributed by atoms with Gasteiger partial charge in [0.05, 0.1) is 13.3 Å². The van der Waals surface area contributed by atoms with E-state index in [0.717, 1.165) is 5.92 Å². The van der Waals surface area contributed by atoms with Crippen LogP contribution in [0.4, 0.5) is 5.82 Å². The maximum Gasteiger partial charge on any atom is 0.318 e. The van der Waals surface area contributed by atoms with E-state index in [1.807, 2.05) is 0 Å². The lowest BCUT2D eigenvalue weighted by molar-refractivity contribution is 0.326. The molecule has 0 saturated heterocycles. The van der Waals surface area contributed by atoms with Crippen molar-refractivity contribution < 1.29 is 4.74 Å². The molecule has 18 heavy (non-hydrogen) atoms. The first-order chi connectivity index (χ1) is 8.72. The van der Waals surface area contributed by atoms with E-state index in [1.54, 1.807) is 13.3 Å². The molecule has 5 heteroatoms. The summed E-state index contributed by atoms with van der Waals surface area (Å²) in [5, 5.41) is 3.98. The molecule has 1 N–H and O–H groups in total. The molecule has 0 aliphatic heterocycles. The first-order valence-electron chi connectivity index (χ1n) is 6.56. The number of halogens is 1. The summed E-state index contributed by atoms with van der Waals surface area (Å²) >= 11 is 6.10. The Morgan fingerprint density at radius 2 is 2.33 bits per heavy atom. The summed E-state index contributed by atoms with van der Waals surface area (Å²) < 4.78 is 5.02. The highest BCUT2D eigenvalue weighted by atomic mass is 35.5. The van der Waals surface area contributed by atoms with Crippen LogP contribution in [-0.4, -0.2) is 23.1 Å². The van der Waals surface area contributed by atoms with Gasteiger partial charge in [-0.25, -0.2) is 4.98 Å². The van der Waals surface area contributed by atoms with Crippen molar-refractivity contribution in [2.24, 2.45) is 5.92 Å². The van der Waals surface area contributed by atoms with Crippen LogP contribution in [-0.2, 0) is 0 Å². The third-order valence-corrected chi connectivity index (χ3v) is 3.88. The highest BCUT2D eigenvalue weighted by Crippen LogP contribution is 2.30. The van der Waals surface area contributed by atoms with Crippen molar-refractivity contribution in [1.29, 1.82) is 0 Å². The molecule has 0 spiro atoms. The molecule has 1 saturated carbocycles. The maximum absolute atomic E-state index is 6.10. The number of ether oxygens (including phenoxy) is 1. The van der Waals surface area contributed by atoms with Gasteiger partial charge in [-0.05, 0) is 18.8 Å². The van der Waals surface area contributed by atoms with Gasteiger partial charge in [0.15, 0.2) is 5.82 Å². The lowest BCUT2D eigenvalue weighted by Crippen LogP contribution is -2.27. The van der Waals surface area contributed by atoms with Crippen LogP contribution in [0.25, 0.3) is 0 Å². The van der Waals surface area contributed by atoms with Crippen LogP contribution in [0.1, 0.15) is 39.0 Å². The normalized spacial score (nSPS) is 23.7. The van der Waals surface area contributed by atoms with Gasteiger partial charge in [-0.1, -0.05) is 37.8 Å². The third kappa shape index (κ3) is 3.25. The van der Waals surface area contributed by atoms with Crippen LogP contribution in [0.2, 0.25) is 5.02 Å². The zero-order valence-corrected chi connectivity index (χ0v) is 11.7. The second kappa shape index (κ2) is 6.23. The predicted octanol–water partition coefficient (Wildman–Crippen LogP) is 3.52. The van der Waals surface area contributed by atoms with Crippen molar-refractivity contribution in [3.8, 4) is 6.01 Å². The van der Waals surface area contributed by atoms with Gasteiger partial charge in [0.1, 0.15) is 5.02 Å². The lowest BCUT2D eigenvalue weighted by Gasteiger charge is -2.29. The summed E-state index contributed by atoms with van der Waals surface area (Å²) in [5.41, 5.74) is 0. The molecule has 1 aliphatic rings. The van der Waals surface area contributed by atoms with E-state index in [4.69, 9.17) is 16.3 Å². The Morgan fingerprint density at radius 3 is 3.06 bits per heavy atom. The predicted molar refractivity (Wildman–Crippen MR) is 73.3 cm³/mol. The van der Waals surface area contributed by atoms with Crippen molar-refractivity contribution in [1.82, 2.24) is 9.97 Å². The Balaban J connectivity index is 2.04. The van der Waals surface area contributed by atoms with Gasteiger partial charge < -0.3 is 10.1 Å². The first-order valence-corrected chi connectivity index (χ1v) is 6.93. The summed E-state index contributed by atoms with van der Waals surface area (Å²) in [6.07, 6.45) is 7.82. The Kier molecular flexibility index (Phi) is 4.64. The van der Waals surface area contributed by atoms with Crippen molar-refractivity contribution in [2.75, 3.05) is 12.4 Å². The smallest absolute Gasteiger partial charge is 0.318 e. The number of hydrogen-bond acceptors (Lipinski definition) is 4. The van der Waals surface area contributed by atoms with E-state index in [2.05, 4.69) is 22.2 Å². The maximum atomic E-state index is 6.10. The van der Waals surface area contributed by atoms with Crippen molar-refractivity contribution in [3.63, 3.8) is 0 Å². The number of aromatic nitrogens is 2.